The Hall–Kier alpha value is -1.87. The first-order chi connectivity index (χ1) is 9.84. The first kappa shape index (κ1) is 11.9. The van der Waals surface area contributed by atoms with E-state index >= 15 is 0 Å². The van der Waals surface area contributed by atoms with Crippen molar-refractivity contribution >= 4 is 33.5 Å². The average Bonchev–Trinajstić information content (AvgIpc) is 2.81. The van der Waals surface area contributed by atoms with Gasteiger partial charge in [0, 0.05) is 34.2 Å². The zero-order valence-corrected chi connectivity index (χ0v) is 12.4. The lowest BCUT2D eigenvalue weighted by Crippen LogP contribution is -2.29. The van der Waals surface area contributed by atoms with Gasteiger partial charge in [0.1, 0.15) is 0 Å². The zero-order chi connectivity index (χ0) is 13.5. The molecule has 0 aliphatic carbocycles. The predicted octanol–water partition coefficient (Wildman–Crippen LogP) is 4.65. The Morgan fingerprint density at radius 3 is 2.75 bits per heavy atom. The minimum Gasteiger partial charge on any atom is -0.333 e. The Morgan fingerprint density at radius 2 is 1.90 bits per heavy atom. The van der Waals surface area contributed by atoms with E-state index in [2.05, 4.69) is 86.6 Å². The number of anilines is 2. The van der Waals surface area contributed by atoms with Crippen LogP contribution in [0.2, 0.25) is 0 Å². The average molecular weight is 325 g/mol. The van der Waals surface area contributed by atoms with Crippen LogP contribution in [-0.4, -0.2) is 12.3 Å². The summed E-state index contributed by atoms with van der Waals surface area (Å²) in [7, 11) is 0. The molecule has 0 aromatic heterocycles. The fourth-order valence-electron chi connectivity index (χ4n) is 3.07. The molecule has 2 unspecified atom stereocenters. The van der Waals surface area contributed by atoms with Gasteiger partial charge in [-0.15, -0.1) is 0 Å². The van der Waals surface area contributed by atoms with Crippen LogP contribution in [0.4, 0.5) is 11.4 Å². The third kappa shape index (κ3) is 1.74. The predicted molar refractivity (Wildman–Crippen MR) is 86.9 cm³/mol. The number of hydrogen-bond donors (Lipinski definition) is 0. The lowest BCUT2D eigenvalue weighted by atomic mass is 9.95. The maximum atomic E-state index is 4.33. The Kier molecular flexibility index (Phi) is 2.74. The summed E-state index contributed by atoms with van der Waals surface area (Å²) in [5.41, 5.74) is 3.83. The van der Waals surface area contributed by atoms with Crippen molar-refractivity contribution in [3.05, 3.63) is 70.8 Å². The van der Waals surface area contributed by atoms with Gasteiger partial charge in [-0.25, -0.2) is 0 Å². The molecule has 0 saturated carbocycles. The van der Waals surface area contributed by atoms with Crippen molar-refractivity contribution in [1.82, 2.24) is 0 Å². The molecule has 2 atom stereocenters. The molecular formula is C17H13BrN2. The summed E-state index contributed by atoms with van der Waals surface area (Å²) in [6.45, 7) is 0. The van der Waals surface area contributed by atoms with Crippen molar-refractivity contribution < 1.29 is 0 Å². The van der Waals surface area contributed by atoms with Crippen LogP contribution in [0.5, 0.6) is 0 Å². The smallest absolute Gasteiger partial charge is 0.0659 e. The summed E-state index contributed by atoms with van der Waals surface area (Å²) in [5, 5.41) is 0. The van der Waals surface area contributed by atoms with Crippen molar-refractivity contribution in [3.63, 3.8) is 0 Å². The topological polar surface area (TPSA) is 15.6 Å². The molecule has 20 heavy (non-hydrogen) atoms. The lowest BCUT2D eigenvalue weighted by molar-refractivity contribution is 0.780. The third-order valence-corrected chi connectivity index (χ3v) is 4.42. The summed E-state index contributed by atoms with van der Waals surface area (Å²) in [6, 6.07) is 17.4. The second-order valence-electron chi connectivity index (χ2n) is 5.06. The fourth-order valence-corrected chi connectivity index (χ4v) is 3.42. The van der Waals surface area contributed by atoms with Crippen LogP contribution >= 0.6 is 15.9 Å². The largest absolute Gasteiger partial charge is 0.333 e. The van der Waals surface area contributed by atoms with E-state index in [-0.39, 0.29) is 0 Å². The number of halogens is 1. The highest BCUT2D eigenvalue weighted by Gasteiger charge is 2.37. The molecule has 2 heterocycles. The molecule has 0 spiro atoms. The number of benzene rings is 2. The van der Waals surface area contributed by atoms with Crippen molar-refractivity contribution in [2.24, 2.45) is 4.99 Å². The molecule has 2 aliphatic rings. The number of para-hydroxylation sites is 1. The maximum Gasteiger partial charge on any atom is 0.0659 e. The minimum atomic E-state index is 0.319. The number of nitrogens with zero attached hydrogens (tertiary/aromatic N) is 2. The van der Waals surface area contributed by atoms with Crippen LogP contribution in [-0.2, 0) is 0 Å². The second kappa shape index (κ2) is 4.60. The van der Waals surface area contributed by atoms with Gasteiger partial charge in [-0.2, -0.15) is 0 Å². The molecular weight excluding hydrogens is 312 g/mol. The molecule has 98 valence electrons. The molecule has 2 nitrogen and oxygen atoms in total. The van der Waals surface area contributed by atoms with Gasteiger partial charge in [0.25, 0.3) is 0 Å². The number of hydrogen-bond acceptors (Lipinski definition) is 2. The van der Waals surface area contributed by atoms with Gasteiger partial charge in [0.15, 0.2) is 0 Å². The van der Waals surface area contributed by atoms with E-state index in [4.69, 9.17) is 0 Å². The zero-order valence-electron chi connectivity index (χ0n) is 10.8. The van der Waals surface area contributed by atoms with Crippen LogP contribution in [0.25, 0.3) is 0 Å². The summed E-state index contributed by atoms with van der Waals surface area (Å²) < 4.78 is 1.11. The van der Waals surface area contributed by atoms with E-state index in [0.717, 1.165) is 4.47 Å². The van der Waals surface area contributed by atoms with Gasteiger partial charge < -0.3 is 4.90 Å². The molecule has 0 bridgehead atoms. The second-order valence-corrected chi connectivity index (χ2v) is 5.98. The number of aliphatic imine (C=N–C) groups is 1. The molecule has 0 fully saturated rings. The van der Waals surface area contributed by atoms with Crippen LogP contribution in [0, 0.1) is 0 Å². The first-order valence-electron chi connectivity index (χ1n) is 6.68. The van der Waals surface area contributed by atoms with E-state index in [1.54, 1.807) is 0 Å². The van der Waals surface area contributed by atoms with Crippen LogP contribution in [0.15, 0.2) is 70.3 Å². The summed E-state index contributed by atoms with van der Waals surface area (Å²) in [5.74, 6) is 0.336. The molecule has 2 aromatic carbocycles. The van der Waals surface area contributed by atoms with Gasteiger partial charge in [0.2, 0.25) is 0 Å². The highest BCUT2D eigenvalue weighted by atomic mass is 79.9. The molecule has 0 amide bonds. The highest BCUT2D eigenvalue weighted by Crippen LogP contribution is 2.46. The standard InChI is InChI=1S/C17H13BrN2/c18-12-6-7-14-15-11-19-9-8-16(15)20(17(14)10-12)13-4-2-1-3-5-13/h1-11,15-16H. The third-order valence-electron chi connectivity index (χ3n) is 3.93. The normalized spacial score (nSPS) is 22.8. The van der Waals surface area contributed by atoms with Gasteiger partial charge in [-0.1, -0.05) is 40.2 Å². The molecule has 4 rings (SSSR count). The molecule has 3 heteroatoms. The minimum absolute atomic E-state index is 0.319. The van der Waals surface area contributed by atoms with Crippen molar-refractivity contribution in [2.45, 2.75) is 12.0 Å². The maximum absolute atomic E-state index is 4.33. The van der Waals surface area contributed by atoms with Crippen molar-refractivity contribution in [2.75, 3.05) is 4.90 Å². The first-order valence-corrected chi connectivity index (χ1v) is 7.47. The Bertz CT molecular complexity index is 706. The molecule has 0 saturated heterocycles. The van der Waals surface area contributed by atoms with Gasteiger partial charge in [-0.3, -0.25) is 4.99 Å². The van der Waals surface area contributed by atoms with E-state index in [1.807, 2.05) is 6.20 Å². The van der Waals surface area contributed by atoms with E-state index in [0.29, 0.717) is 12.0 Å². The lowest BCUT2D eigenvalue weighted by Gasteiger charge is -2.28. The summed E-state index contributed by atoms with van der Waals surface area (Å²) >= 11 is 3.59. The van der Waals surface area contributed by atoms with E-state index in [9.17, 15) is 0 Å². The number of fused-ring (bicyclic) bond motifs is 3. The molecule has 2 aliphatic heterocycles. The van der Waals surface area contributed by atoms with E-state index in [1.165, 1.54) is 16.9 Å². The molecule has 2 aromatic rings. The SMILES string of the molecule is Brc1ccc2c(c1)N(c1ccccc1)C1C=CN=CC21. The van der Waals surface area contributed by atoms with Crippen LogP contribution < -0.4 is 4.90 Å². The summed E-state index contributed by atoms with van der Waals surface area (Å²) in [6.07, 6.45) is 6.14. The monoisotopic (exact) mass is 324 g/mol. The van der Waals surface area contributed by atoms with Gasteiger partial charge in [-0.05, 0) is 35.9 Å². The van der Waals surface area contributed by atoms with E-state index < -0.39 is 0 Å². The Morgan fingerprint density at radius 1 is 1.05 bits per heavy atom. The van der Waals surface area contributed by atoms with Crippen LogP contribution in [0.1, 0.15) is 11.5 Å². The van der Waals surface area contributed by atoms with Gasteiger partial charge in [0.05, 0.1) is 6.04 Å². The van der Waals surface area contributed by atoms with Crippen molar-refractivity contribution in [3.8, 4) is 0 Å². The van der Waals surface area contributed by atoms with Crippen molar-refractivity contribution in [1.29, 1.82) is 0 Å². The number of rotatable bonds is 1. The highest BCUT2D eigenvalue weighted by molar-refractivity contribution is 9.10. The Labute approximate surface area is 126 Å². The Balaban J connectivity index is 1.92. The summed E-state index contributed by atoms with van der Waals surface area (Å²) in [4.78, 5) is 6.72. The fraction of sp³-hybridized carbons (Fsp3) is 0.118. The molecule has 0 radical (unpaired) electrons. The molecule has 0 N–H and O–H groups in total. The van der Waals surface area contributed by atoms with Crippen LogP contribution in [0.3, 0.4) is 0 Å². The quantitative estimate of drug-likeness (QED) is 0.745. The van der Waals surface area contributed by atoms with Gasteiger partial charge >= 0.3 is 0 Å².